The van der Waals surface area contributed by atoms with E-state index < -0.39 is 0 Å². The predicted octanol–water partition coefficient (Wildman–Crippen LogP) is 1.57. The van der Waals surface area contributed by atoms with Gasteiger partial charge in [0, 0.05) is 18.4 Å². The molecular formula is C8H10N2. The molecule has 1 aromatic rings. The number of nitrogens with zero attached hydrogens (tertiary/aromatic N) is 2. The SMILES string of the molecule is CCn1cccc1CC#N. The van der Waals surface area contributed by atoms with E-state index in [9.17, 15) is 0 Å². The third-order valence-corrected chi connectivity index (χ3v) is 1.52. The van der Waals surface area contributed by atoms with Gasteiger partial charge in [0.15, 0.2) is 0 Å². The molecule has 2 heteroatoms. The van der Waals surface area contributed by atoms with Gasteiger partial charge in [-0.2, -0.15) is 5.26 Å². The van der Waals surface area contributed by atoms with E-state index in [1.807, 2.05) is 18.3 Å². The Balaban J connectivity index is 2.82. The second-order valence-electron chi connectivity index (χ2n) is 2.12. The van der Waals surface area contributed by atoms with Crippen molar-refractivity contribution in [2.24, 2.45) is 0 Å². The van der Waals surface area contributed by atoms with Gasteiger partial charge in [-0.15, -0.1) is 0 Å². The highest BCUT2D eigenvalue weighted by Gasteiger charge is 1.95. The molecule has 0 aliphatic carbocycles. The molecule has 0 saturated heterocycles. The van der Waals surface area contributed by atoms with Crippen LogP contribution >= 0.6 is 0 Å². The minimum Gasteiger partial charge on any atom is -0.351 e. The first-order valence-electron chi connectivity index (χ1n) is 3.39. The van der Waals surface area contributed by atoms with Crippen LogP contribution in [0.4, 0.5) is 0 Å². The standard InChI is InChI=1S/C8H10N2/c1-2-10-7-3-4-8(10)5-6-9/h3-4,7H,2,5H2,1H3. The summed E-state index contributed by atoms with van der Waals surface area (Å²) in [7, 11) is 0. The third kappa shape index (κ3) is 1.19. The molecule has 0 aliphatic heterocycles. The number of hydrogen-bond donors (Lipinski definition) is 0. The van der Waals surface area contributed by atoms with Gasteiger partial charge in [0.25, 0.3) is 0 Å². The van der Waals surface area contributed by atoms with Gasteiger partial charge in [0.05, 0.1) is 12.5 Å². The van der Waals surface area contributed by atoms with Gasteiger partial charge >= 0.3 is 0 Å². The molecule has 10 heavy (non-hydrogen) atoms. The van der Waals surface area contributed by atoms with Gasteiger partial charge in [-0.05, 0) is 19.1 Å². The summed E-state index contributed by atoms with van der Waals surface area (Å²) in [6.45, 7) is 3.02. The zero-order chi connectivity index (χ0) is 7.40. The van der Waals surface area contributed by atoms with Crippen LogP contribution in [0.2, 0.25) is 0 Å². The van der Waals surface area contributed by atoms with Gasteiger partial charge < -0.3 is 4.57 Å². The van der Waals surface area contributed by atoms with Crippen molar-refractivity contribution in [2.75, 3.05) is 0 Å². The zero-order valence-electron chi connectivity index (χ0n) is 6.04. The van der Waals surface area contributed by atoms with Crippen LogP contribution < -0.4 is 0 Å². The van der Waals surface area contributed by atoms with Gasteiger partial charge in [-0.25, -0.2) is 0 Å². The number of rotatable bonds is 2. The molecule has 1 aromatic heterocycles. The lowest BCUT2D eigenvalue weighted by Gasteiger charge is -1.99. The van der Waals surface area contributed by atoms with Crippen molar-refractivity contribution in [3.8, 4) is 6.07 Å². The summed E-state index contributed by atoms with van der Waals surface area (Å²) >= 11 is 0. The van der Waals surface area contributed by atoms with Crippen molar-refractivity contribution >= 4 is 0 Å². The first-order valence-corrected chi connectivity index (χ1v) is 3.39. The van der Waals surface area contributed by atoms with Crippen molar-refractivity contribution in [1.29, 1.82) is 5.26 Å². The maximum absolute atomic E-state index is 8.39. The van der Waals surface area contributed by atoms with E-state index in [1.165, 1.54) is 0 Å². The lowest BCUT2D eigenvalue weighted by atomic mass is 10.3. The Labute approximate surface area is 60.7 Å². The molecule has 52 valence electrons. The quantitative estimate of drug-likeness (QED) is 0.603. The minimum atomic E-state index is 0.515. The largest absolute Gasteiger partial charge is 0.351 e. The predicted molar refractivity (Wildman–Crippen MR) is 39.4 cm³/mol. The number of aromatic nitrogens is 1. The number of hydrogen-bond acceptors (Lipinski definition) is 1. The summed E-state index contributed by atoms with van der Waals surface area (Å²) in [4.78, 5) is 0. The monoisotopic (exact) mass is 134 g/mol. The smallest absolute Gasteiger partial charge is 0.0754 e. The maximum Gasteiger partial charge on any atom is 0.0754 e. The Hall–Kier alpha value is -1.23. The molecule has 0 bridgehead atoms. The third-order valence-electron chi connectivity index (χ3n) is 1.52. The fraction of sp³-hybridized carbons (Fsp3) is 0.375. The summed E-state index contributed by atoms with van der Waals surface area (Å²) in [5.74, 6) is 0. The Bertz CT molecular complexity index is 242. The highest BCUT2D eigenvalue weighted by atomic mass is 14.9. The summed E-state index contributed by atoms with van der Waals surface area (Å²) in [6.07, 6.45) is 2.51. The highest BCUT2D eigenvalue weighted by molar-refractivity contribution is 5.11. The molecule has 1 rings (SSSR count). The molecule has 1 heterocycles. The molecule has 0 atom stereocenters. The van der Waals surface area contributed by atoms with Crippen LogP contribution in [-0.4, -0.2) is 4.57 Å². The van der Waals surface area contributed by atoms with Crippen molar-refractivity contribution in [3.05, 3.63) is 24.0 Å². The van der Waals surface area contributed by atoms with Crippen LogP contribution in [0, 0.1) is 11.3 Å². The van der Waals surface area contributed by atoms with Crippen molar-refractivity contribution in [2.45, 2.75) is 19.9 Å². The molecule has 0 spiro atoms. The van der Waals surface area contributed by atoms with Crippen molar-refractivity contribution in [1.82, 2.24) is 4.57 Å². The molecule has 0 unspecified atom stereocenters. The average Bonchev–Trinajstić information content (AvgIpc) is 2.36. The van der Waals surface area contributed by atoms with Crippen molar-refractivity contribution in [3.63, 3.8) is 0 Å². The minimum absolute atomic E-state index is 0.515. The van der Waals surface area contributed by atoms with E-state index in [4.69, 9.17) is 5.26 Å². The van der Waals surface area contributed by atoms with Crippen LogP contribution in [0.1, 0.15) is 12.6 Å². The molecule has 0 radical (unpaired) electrons. The molecule has 0 saturated carbocycles. The highest BCUT2D eigenvalue weighted by Crippen LogP contribution is 2.01. The number of nitriles is 1. The summed E-state index contributed by atoms with van der Waals surface area (Å²) in [5.41, 5.74) is 1.10. The van der Waals surface area contributed by atoms with E-state index in [2.05, 4.69) is 17.6 Å². The molecule has 2 nitrogen and oxygen atoms in total. The van der Waals surface area contributed by atoms with E-state index >= 15 is 0 Å². The van der Waals surface area contributed by atoms with Gasteiger partial charge in [-0.3, -0.25) is 0 Å². The maximum atomic E-state index is 8.39. The summed E-state index contributed by atoms with van der Waals surface area (Å²) in [6, 6.07) is 6.07. The Morgan fingerprint density at radius 3 is 3.10 bits per heavy atom. The molecule has 0 N–H and O–H groups in total. The second-order valence-corrected chi connectivity index (χ2v) is 2.12. The summed E-state index contributed by atoms with van der Waals surface area (Å²) in [5, 5.41) is 8.39. The first-order chi connectivity index (χ1) is 4.88. The molecule has 0 amide bonds. The lowest BCUT2D eigenvalue weighted by Crippen LogP contribution is -1.97. The summed E-state index contributed by atoms with van der Waals surface area (Å²) < 4.78 is 2.07. The van der Waals surface area contributed by atoms with E-state index in [1.54, 1.807) is 0 Å². The van der Waals surface area contributed by atoms with Gasteiger partial charge in [0.1, 0.15) is 0 Å². The van der Waals surface area contributed by atoms with Crippen LogP contribution in [0.3, 0.4) is 0 Å². The van der Waals surface area contributed by atoms with E-state index in [-0.39, 0.29) is 0 Å². The zero-order valence-corrected chi connectivity index (χ0v) is 6.04. The van der Waals surface area contributed by atoms with Crippen LogP contribution in [0.15, 0.2) is 18.3 Å². The topological polar surface area (TPSA) is 28.7 Å². The van der Waals surface area contributed by atoms with Crippen LogP contribution in [-0.2, 0) is 13.0 Å². The Morgan fingerprint density at radius 2 is 2.50 bits per heavy atom. The average molecular weight is 134 g/mol. The fourth-order valence-corrected chi connectivity index (χ4v) is 0.999. The molecular weight excluding hydrogens is 124 g/mol. The van der Waals surface area contributed by atoms with Crippen molar-refractivity contribution < 1.29 is 0 Å². The molecule has 0 aromatic carbocycles. The second kappa shape index (κ2) is 3.07. The number of aryl methyl sites for hydroxylation is 1. The molecule has 0 fully saturated rings. The van der Waals surface area contributed by atoms with E-state index in [0.29, 0.717) is 6.42 Å². The van der Waals surface area contributed by atoms with Crippen LogP contribution in [0.5, 0.6) is 0 Å². The Morgan fingerprint density at radius 1 is 1.70 bits per heavy atom. The molecule has 0 aliphatic rings. The van der Waals surface area contributed by atoms with Gasteiger partial charge in [-0.1, -0.05) is 0 Å². The normalized spacial score (nSPS) is 9.20. The van der Waals surface area contributed by atoms with E-state index in [0.717, 1.165) is 12.2 Å². The first kappa shape index (κ1) is 6.88. The fourth-order valence-electron chi connectivity index (χ4n) is 0.999. The van der Waals surface area contributed by atoms with Gasteiger partial charge in [0.2, 0.25) is 0 Å². The van der Waals surface area contributed by atoms with Crippen LogP contribution in [0.25, 0.3) is 0 Å². The Kier molecular flexibility index (Phi) is 2.11. The lowest BCUT2D eigenvalue weighted by molar-refractivity contribution is 0.732.